The molecule has 166 valence electrons. The van der Waals surface area contributed by atoms with Crippen LogP contribution in [0.15, 0.2) is 34.1 Å². The maximum absolute atomic E-state index is 10.3. The van der Waals surface area contributed by atoms with Crippen LogP contribution < -0.4 is 4.52 Å². The second kappa shape index (κ2) is 9.93. The van der Waals surface area contributed by atoms with Gasteiger partial charge in [-0.3, -0.25) is 0 Å². The van der Waals surface area contributed by atoms with Gasteiger partial charge in [-0.25, -0.2) is 0 Å². The second-order valence-electron chi connectivity index (χ2n) is 9.33. The first kappa shape index (κ1) is 25.7. The summed E-state index contributed by atoms with van der Waals surface area (Å²) in [4.78, 5) is 20.9. The molecule has 0 amide bonds. The van der Waals surface area contributed by atoms with Crippen molar-refractivity contribution in [3.8, 4) is 11.5 Å². The fraction of sp³-hybridized carbons (Fsp3) is 0.455. The zero-order valence-electron chi connectivity index (χ0n) is 18.7. The smallest absolute Gasteiger partial charge is 0.391 e. The molecule has 0 radical (unpaired) electrons. The molecule has 0 unspecified atom stereocenters. The van der Waals surface area contributed by atoms with Gasteiger partial charge in [-0.2, -0.15) is 0 Å². The number of aromatic hydroxyl groups is 1. The highest BCUT2D eigenvalue weighted by Crippen LogP contribution is 2.50. The summed E-state index contributed by atoms with van der Waals surface area (Å²) in [7, 11) is 2.56. The predicted octanol–water partition coefficient (Wildman–Crippen LogP) is 7.64. The van der Waals surface area contributed by atoms with E-state index >= 15 is 0 Å². The van der Waals surface area contributed by atoms with Gasteiger partial charge in [0.1, 0.15) is 11.5 Å². The molecule has 0 aliphatic carbocycles. The van der Waals surface area contributed by atoms with Crippen LogP contribution in [0.25, 0.3) is 0 Å². The fourth-order valence-electron chi connectivity index (χ4n) is 2.95. The summed E-state index contributed by atoms with van der Waals surface area (Å²) in [6.45, 7) is 16.5. The molecule has 0 spiro atoms. The summed E-state index contributed by atoms with van der Waals surface area (Å²) in [5.41, 5.74) is 3.62. The van der Waals surface area contributed by atoms with E-state index in [0.717, 1.165) is 32.0 Å². The molecule has 0 atom stereocenters. The van der Waals surface area contributed by atoms with E-state index in [1.807, 2.05) is 26.0 Å². The average Bonchev–Trinajstić information content (AvgIpc) is 2.55. The molecule has 0 aliphatic heterocycles. The number of hydrogen-bond acceptors (Lipinski definition) is 7. The van der Waals surface area contributed by atoms with E-state index in [4.69, 9.17) is 4.52 Å². The van der Waals surface area contributed by atoms with E-state index in [1.165, 1.54) is 0 Å². The number of phenols is 1. The molecule has 4 nitrogen and oxygen atoms in total. The topological polar surface area (TPSA) is 69.9 Å². The Kier molecular flexibility index (Phi) is 8.51. The SMILES string of the molecule is Cc1cc(O)c(C(C)(C)C)cc1SSSc1cc(C(C)(C)C)c(OP(O)O)cc1C. The summed E-state index contributed by atoms with van der Waals surface area (Å²) in [5, 5.41) is 10.3. The summed E-state index contributed by atoms with van der Waals surface area (Å²) in [5.74, 6) is 0.860. The lowest BCUT2D eigenvalue weighted by molar-refractivity contribution is 0.369. The summed E-state index contributed by atoms with van der Waals surface area (Å²) >= 11 is 0. The van der Waals surface area contributed by atoms with Crippen molar-refractivity contribution in [2.24, 2.45) is 0 Å². The van der Waals surface area contributed by atoms with E-state index in [1.54, 1.807) is 31.4 Å². The summed E-state index contributed by atoms with van der Waals surface area (Å²) in [6.07, 6.45) is 0. The molecule has 2 aromatic rings. The molecule has 0 bridgehead atoms. The monoisotopic (exact) mass is 486 g/mol. The van der Waals surface area contributed by atoms with E-state index < -0.39 is 8.60 Å². The van der Waals surface area contributed by atoms with Gasteiger partial charge in [-0.15, -0.1) is 0 Å². The summed E-state index contributed by atoms with van der Waals surface area (Å²) in [6, 6.07) is 7.87. The third kappa shape index (κ3) is 6.72. The standard InChI is InChI=1S/C22H31O4PS3/c1-13-9-17(23)15(21(3,4)5)11-19(13)28-30-29-20-12-16(22(6,7)8)18(10-14(20)2)26-27(24)25/h9-12,23-25H,1-8H3. The molecule has 0 fully saturated rings. The van der Waals surface area contributed by atoms with Crippen molar-refractivity contribution < 1.29 is 19.4 Å². The van der Waals surface area contributed by atoms with Crippen molar-refractivity contribution in [3.63, 3.8) is 0 Å². The third-order valence-corrected chi connectivity index (χ3v) is 9.06. The van der Waals surface area contributed by atoms with Gasteiger partial charge in [0.2, 0.25) is 0 Å². The average molecular weight is 487 g/mol. The van der Waals surface area contributed by atoms with Gasteiger partial charge in [0, 0.05) is 20.9 Å². The minimum absolute atomic E-state index is 0.127. The second-order valence-corrected chi connectivity index (χ2v) is 14.0. The first-order chi connectivity index (χ1) is 13.7. The molecular weight excluding hydrogens is 455 g/mol. The van der Waals surface area contributed by atoms with Crippen LogP contribution in [-0.4, -0.2) is 14.9 Å². The third-order valence-electron chi connectivity index (χ3n) is 4.61. The predicted molar refractivity (Wildman–Crippen MR) is 133 cm³/mol. The highest BCUT2D eigenvalue weighted by atomic mass is 33.5. The quantitative estimate of drug-likeness (QED) is 0.286. The highest BCUT2D eigenvalue weighted by molar-refractivity contribution is 9.09. The van der Waals surface area contributed by atoms with Gasteiger partial charge < -0.3 is 19.4 Å². The van der Waals surface area contributed by atoms with Crippen molar-refractivity contribution in [2.45, 2.75) is 76.0 Å². The molecule has 0 aromatic heterocycles. The Morgan fingerprint density at radius 1 is 0.767 bits per heavy atom. The van der Waals surface area contributed by atoms with Gasteiger partial charge >= 0.3 is 8.60 Å². The Balaban J connectivity index is 2.24. The van der Waals surface area contributed by atoms with Crippen molar-refractivity contribution in [1.29, 1.82) is 0 Å². The molecule has 2 aromatic carbocycles. The molecule has 3 N–H and O–H groups in total. The lowest BCUT2D eigenvalue weighted by Crippen LogP contribution is -2.13. The van der Waals surface area contributed by atoms with Gasteiger partial charge in [0.05, 0.1) is 0 Å². The Bertz CT molecular complexity index is 903. The van der Waals surface area contributed by atoms with Crippen LogP contribution in [-0.2, 0) is 10.8 Å². The normalized spacial score (nSPS) is 12.5. The van der Waals surface area contributed by atoms with Crippen LogP contribution in [0.5, 0.6) is 11.5 Å². The first-order valence-corrected chi connectivity index (χ1v) is 14.2. The van der Waals surface area contributed by atoms with Crippen LogP contribution in [0.1, 0.15) is 63.8 Å². The molecule has 0 heterocycles. The van der Waals surface area contributed by atoms with Gasteiger partial charge in [-0.1, -0.05) is 41.5 Å². The molecule has 30 heavy (non-hydrogen) atoms. The Labute approximate surface area is 193 Å². The molecule has 2 rings (SSSR count). The van der Waals surface area contributed by atoms with Crippen molar-refractivity contribution in [2.75, 3.05) is 0 Å². The van der Waals surface area contributed by atoms with Crippen molar-refractivity contribution in [3.05, 3.63) is 46.5 Å². The largest absolute Gasteiger partial charge is 0.508 e. The van der Waals surface area contributed by atoms with Crippen LogP contribution in [0, 0.1) is 13.8 Å². The zero-order valence-corrected chi connectivity index (χ0v) is 22.1. The number of hydrogen-bond donors (Lipinski definition) is 3. The van der Waals surface area contributed by atoms with Crippen molar-refractivity contribution in [1.82, 2.24) is 0 Å². The highest BCUT2D eigenvalue weighted by Gasteiger charge is 2.23. The van der Waals surface area contributed by atoms with E-state index in [9.17, 15) is 14.9 Å². The van der Waals surface area contributed by atoms with Crippen LogP contribution in [0.3, 0.4) is 0 Å². The number of rotatable bonds is 6. The van der Waals surface area contributed by atoms with Crippen LogP contribution >= 0.6 is 40.0 Å². The molecular formula is C22H31O4PS3. The Morgan fingerprint density at radius 2 is 1.23 bits per heavy atom. The van der Waals surface area contributed by atoms with Crippen LogP contribution in [0.4, 0.5) is 0 Å². The van der Waals surface area contributed by atoms with Crippen molar-refractivity contribution >= 4 is 40.0 Å². The minimum Gasteiger partial charge on any atom is -0.508 e. The maximum atomic E-state index is 10.3. The molecule has 0 saturated heterocycles. The van der Waals surface area contributed by atoms with Crippen LogP contribution in [0.2, 0.25) is 0 Å². The van der Waals surface area contributed by atoms with E-state index in [-0.39, 0.29) is 10.8 Å². The first-order valence-electron chi connectivity index (χ1n) is 9.56. The molecule has 0 aliphatic rings. The number of benzene rings is 2. The van der Waals surface area contributed by atoms with Gasteiger partial charge in [0.15, 0.2) is 0 Å². The van der Waals surface area contributed by atoms with Gasteiger partial charge in [0.25, 0.3) is 0 Å². The maximum Gasteiger partial charge on any atom is 0.391 e. The van der Waals surface area contributed by atoms with E-state index in [2.05, 4.69) is 53.7 Å². The Hall–Kier alpha value is -0.560. The fourth-order valence-corrected chi connectivity index (χ4v) is 7.42. The summed E-state index contributed by atoms with van der Waals surface area (Å²) < 4.78 is 5.28. The van der Waals surface area contributed by atoms with Gasteiger partial charge in [-0.05, 0) is 91.5 Å². The lowest BCUT2D eigenvalue weighted by Gasteiger charge is -2.24. The Morgan fingerprint density at radius 3 is 1.70 bits per heavy atom. The zero-order chi connectivity index (χ0) is 22.9. The van der Waals surface area contributed by atoms with E-state index in [0.29, 0.717) is 11.5 Å². The number of phenolic OH excluding ortho intramolecular Hbond substituents is 1. The molecule has 0 saturated carbocycles. The minimum atomic E-state index is -2.46. The lowest BCUT2D eigenvalue weighted by atomic mass is 9.86. The number of aryl methyl sites for hydroxylation is 2. The molecule has 8 heteroatoms.